The molecule has 54 valence electrons. The van der Waals surface area contributed by atoms with Crippen molar-refractivity contribution >= 4 is 17.4 Å². The van der Waals surface area contributed by atoms with E-state index in [0.29, 0.717) is 5.88 Å². The van der Waals surface area contributed by atoms with Gasteiger partial charge in [0.25, 0.3) is 0 Å². The Morgan fingerprint density at radius 3 is 3.00 bits per heavy atom. The van der Waals surface area contributed by atoms with Gasteiger partial charge in [-0.2, -0.15) is 0 Å². The molecule has 0 saturated carbocycles. The first-order chi connectivity index (χ1) is 4.93. The highest BCUT2D eigenvalue weighted by atomic mass is 35.5. The van der Waals surface area contributed by atoms with E-state index in [0.717, 1.165) is 12.4 Å². The highest BCUT2D eigenvalue weighted by Crippen LogP contribution is 1.98. The van der Waals surface area contributed by atoms with Gasteiger partial charge in [-0.15, -0.1) is 11.6 Å². The molecule has 1 aromatic rings. The van der Waals surface area contributed by atoms with E-state index >= 15 is 0 Å². The number of alkyl halides is 1. The second-order valence-corrected chi connectivity index (χ2v) is 2.21. The number of pyridine rings is 1. The minimum absolute atomic E-state index is 0.608. The van der Waals surface area contributed by atoms with Gasteiger partial charge in [0.1, 0.15) is 5.82 Å². The second-order valence-electron chi connectivity index (χ2n) is 1.83. The van der Waals surface area contributed by atoms with Gasteiger partial charge in [-0.05, 0) is 12.1 Å². The Bertz CT molecular complexity index is 176. The lowest BCUT2D eigenvalue weighted by molar-refractivity contribution is 1.17. The number of hydrogen-bond donors (Lipinski definition) is 1. The summed E-state index contributed by atoms with van der Waals surface area (Å²) >= 11 is 5.46. The van der Waals surface area contributed by atoms with Crippen LogP contribution in [0.15, 0.2) is 24.4 Å². The fourth-order valence-corrected chi connectivity index (χ4v) is 0.737. The number of rotatable bonds is 3. The summed E-state index contributed by atoms with van der Waals surface area (Å²) in [6, 6.07) is 5.72. The van der Waals surface area contributed by atoms with E-state index in [2.05, 4.69) is 10.3 Å². The zero-order valence-corrected chi connectivity index (χ0v) is 6.30. The van der Waals surface area contributed by atoms with E-state index in [1.54, 1.807) is 6.20 Å². The number of halogens is 1. The molecule has 0 saturated heterocycles. The SMILES string of the molecule is ClCCNc1ccccn1. The van der Waals surface area contributed by atoms with E-state index in [1.807, 2.05) is 18.2 Å². The molecule has 1 N–H and O–H groups in total. The third-order valence-corrected chi connectivity index (χ3v) is 1.25. The summed E-state index contributed by atoms with van der Waals surface area (Å²) < 4.78 is 0. The Hall–Kier alpha value is -0.760. The molecule has 3 heteroatoms. The zero-order chi connectivity index (χ0) is 7.23. The van der Waals surface area contributed by atoms with E-state index in [9.17, 15) is 0 Å². The summed E-state index contributed by atoms with van der Waals surface area (Å²) in [7, 11) is 0. The number of anilines is 1. The van der Waals surface area contributed by atoms with Gasteiger partial charge >= 0.3 is 0 Å². The Kier molecular flexibility index (Phi) is 3.03. The lowest BCUT2D eigenvalue weighted by Gasteiger charge is -1.99. The highest BCUT2D eigenvalue weighted by molar-refractivity contribution is 6.18. The Balaban J connectivity index is 2.43. The first-order valence-corrected chi connectivity index (χ1v) is 3.68. The summed E-state index contributed by atoms with van der Waals surface area (Å²) in [5.41, 5.74) is 0. The predicted molar refractivity (Wildman–Crippen MR) is 43.4 cm³/mol. The largest absolute Gasteiger partial charge is 0.369 e. The monoisotopic (exact) mass is 156 g/mol. The van der Waals surface area contributed by atoms with Crippen LogP contribution in [0.3, 0.4) is 0 Å². The molecule has 1 rings (SSSR count). The van der Waals surface area contributed by atoms with Crippen molar-refractivity contribution in [3.8, 4) is 0 Å². The molecule has 0 atom stereocenters. The molecule has 0 aliphatic rings. The second kappa shape index (κ2) is 4.12. The van der Waals surface area contributed by atoms with Gasteiger partial charge in [0.2, 0.25) is 0 Å². The summed E-state index contributed by atoms with van der Waals surface area (Å²) in [6.45, 7) is 0.762. The highest BCUT2D eigenvalue weighted by Gasteiger charge is 1.86. The van der Waals surface area contributed by atoms with E-state index in [1.165, 1.54) is 0 Å². The van der Waals surface area contributed by atoms with Crippen LogP contribution in [0.2, 0.25) is 0 Å². The molecule has 0 spiro atoms. The molecular weight excluding hydrogens is 148 g/mol. The number of nitrogens with zero attached hydrogens (tertiary/aromatic N) is 1. The number of nitrogens with one attached hydrogen (secondary N) is 1. The molecule has 0 radical (unpaired) electrons. The normalized spacial score (nSPS) is 9.30. The van der Waals surface area contributed by atoms with Crippen molar-refractivity contribution in [1.82, 2.24) is 4.98 Å². The van der Waals surface area contributed by atoms with Gasteiger partial charge in [0.15, 0.2) is 0 Å². The average molecular weight is 157 g/mol. The van der Waals surface area contributed by atoms with Crippen molar-refractivity contribution < 1.29 is 0 Å². The maximum Gasteiger partial charge on any atom is 0.125 e. The molecule has 0 aromatic carbocycles. The minimum atomic E-state index is 0.608. The van der Waals surface area contributed by atoms with Gasteiger partial charge in [-0.3, -0.25) is 0 Å². The third kappa shape index (κ3) is 2.23. The van der Waals surface area contributed by atoms with Gasteiger partial charge in [-0.1, -0.05) is 6.07 Å². The average Bonchev–Trinajstić information content (AvgIpc) is 2.03. The molecule has 1 heterocycles. The zero-order valence-electron chi connectivity index (χ0n) is 5.55. The van der Waals surface area contributed by atoms with Crippen LogP contribution in [-0.4, -0.2) is 17.4 Å². The molecule has 2 nitrogen and oxygen atoms in total. The van der Waals surface area contributed by atoms with Crippen LogP contribution in [0.1, 0.15) is 0 Å². The van der Waals surface area contributed by atoms with Crippen molar-refractivity contribution in [2.45, 2.75) is 0 Å². The topological polar surface area (TPSA) is 24.9 Å². The minimum Gasteiger partial charge on any atom is -0.369 e. The van der Waals surface area contributed by atoms with Crippen LogP contribution in [0.4, 0.5) is 5.82 Å². The van der Waals surface area contributed by atoms with E-state index in [-0.39, 0.29) is 0 Å². The standard InChI is InChI=1S/C7H9ClN2/c8-4-6-10-7-3-1-2-5-9-7/h1-3,5H,4,6H2,(H,9,10). The van der Waals surface area contributed by atoms with Crippen LogP contribution in [-0.2, 0) is 0 Å². The van der Waals surface area contributed by atoms with Crippen LogP contribution in [0.5, 0.6) is 0 Å². The smallest absolute Gasteiger partial charge is 0.125 e. The third-order valence-electron chi connectivity index (χ3n) is 1.07. The van der Waals surface area contributed by atoms with Crippen LogP contribution >= 0.6 is 11.6 Å². The molecule has 0 bridgehead atoms. The molecule has 0 amide bonds. The molecule has 0 fully saturated rings. The van der Waals surface area contributed by atoms with E-state index in [4.69, 9.17) is 11.6 Å². The summed E-state index contributed by atoms with van der Waals surface area (Å²) in [5, 5.41) is 3.05. The number of hydrogen-bond acceptors (Lipinski definition) is 2. The van der Waals surface area contributed by atoms with Gasteiger partial charge in [-0.25, -0.2) is 4.98 Å². The van der Waals surface area contributed by atoms with Crippen molar-refractivity contribution in [2.24, 2.45) is 0 Å². The van der Waals surface area contributed by atoms with Crippen molar-refractivity contribution in [2.75, 3.05) is 17.7 Å². The van der Waals surface area contributed by atoms with Gasteiger partial charge in [0.05, 0.1) is 0 Å². The van der Waals surface area contributed by atoms with Crippen LogP contribution in [0, 0.1) is 0 Å². The molecule has 0 aliphatic heterocycles. The van der Waals surface area contributed by atoms with E-state index < -0.39 is 0 Å². The van der Waals surface area contributed by atoms with Crippen molar-refractivity contribution in [1.29, 1.82) is 0 Å². The maximum atomic E-state index is 5.46. The fourth-order valence-electron chi connectivity index (χ4n) is 0.643. The van der Waals surface area contributed by atoms with Crippen molar-refractivity contribution in [3.05, 3.63) is 24.4 Å². The summed E-state index contributed by atoms with van der Waals surface area (Å²) in [4.78, 5) is 4.05. The lowest BCUT2D eigenvalue weighted by Crippen LogP contribution is -2.03. The van der Waals surface area contributed by atoms with Gasteiger partial charge < -0.3 is 5.32 Å². The Morgan fingerprint density at radius 1 is 1.50 bits per heavy atom. The predicted octanol–water partition coefficient (Wildman–Crippen LogP) is 1.73. The first kappa shape index (κ1) is 7.35. The van der Waals surface area contributed by atoms with Gasteiger partial charge in [0, 0.05) is 18.6 Å². The van der Waals surface area contributed by atoms with Crippen molar-refractivity contribution in [3.63, 3.8) is 0 Å². The molecule has 0 aliphatic carbocycles. The Labute approximate surface area is 65.2 Å². The summed E-state index contributed by atoms with van der Waals surface area (Å²) in [6.07, 6.45) is 1.75. The fraction of sp³-hybridized carbons (Fsp3) is 0.286. The Morgan fingerprint density at radius 2 is 2.40 bits per heavy atom. The molecule has 10 heavy (non-hydrogen) atoms. The van der Waals surface area contributed by atoms with Crippen LogP contribution < -0.4 is 5.32 Å². The molecule has 1 aromatic heterocycles. The van der Waals surface area contributed by atoms with Crippen LogP contribution in [0.25, 0.3) is 0 Å². The summed E-state index contributed by atoms with van der Waals surface area (Å²) in [5.74, 6) is 1.49. The maximum absolute atomic E-state index is 5.46. The number of aromatic nitrogens is 1. The molecular formula is C7H9ClN2. The first-order valence-electron chi connectivity index (χ1n) is 3.14. The lowest BCUT2D eigenvalue weighted by atomic mass is 10.4. The molecule has 0 unspecified atom stereocenters. The quantitative estimate of drug-likeness (QED) is 0.675.